The van der Waals surface area contributed by atoms with Crippen LogP contribution in [0.2, 0.25) is 0 Å². The van der Waals surface area contributed by atoms with E-state index in [-0.39, 0.29) is 19.1 Å². The van der Waals surface area contributed by atoms with Gasteiger partial charge in [0.15, 0.2) is 11.5 Å². The van der Waals surface area contributed by atoms with Crippen LogP contribution in [-0.4, -0.2) is 74.1 Å². The Kier molecular flexibility index (Phi) is 7.16. The molecule has 0 unspecified atom stereocenters. The molecule has 0 radical (unpaired) electrons. The van der Waals surface area contributed by atoms with Crippen molar-refractivity contribution in [3.8, 4) is 28.4 Å². The zero-order valence-electron chi connectivity index (χ0n) is 19.6. The number of fused-ring (bicyclic) bond motifs is 1. The van der Waals surface area contributed by atoms with E-state index in [4.69, 9.17) is 14.2 Å². The average molecular weight is 476 g/mol. The number of amides is 1. The molecule has 2 atom stereocenters. The number of hydrogen-bond acceptors (Lipinski definition) is 5. The Morgan fingerprint density at radius 1 is 0.943 bits per heavy atom. The quantitative estimate of drug-likeness (QED) is 0.544. The SMILES string of the molecule is O=C([C@@H]1COc2ccccc2O1)N1CC[NH+](C[C@H](O)COc2ccc(-c3ccccc3)cc2)CC1. The second-order valence-corrected chi connectivity index (χ2v) is 9.00. The molecule has 2 aliphatic rings. The Morgan fingerprint density at radius 2 is 1.60 bits per heavy atom. The molecule has 0 bridgehead atoms. The predicted octanol–water partition coefficient (Wildman–Crippen LogP) is 1.66. The molecule has 2 heterocycles. The first-order chi connectivity index (χ1) is 17.2. The molecule has 3 aromatic carbocycles. The van der Waals surface area contributed by atoms with Gasteiger partial charge in [0.1, 0.15) is 31.6 Å². The summed E-state index contributed by atoms with van der Waals surface area (Å²) >= 11 is 0. The topological polar surface area (TPSA) is 72.7 Å². The average Bonchev–Trinajstić information content (AvgIpc) is 2.92. The van der Waals surface area contributed by atoms with E-state index in [0.717, 1.165) is 30.0 Å². The number of nitrogens with zero attached hydrogens (tertiary/aromatic N) is 1. The first-order valence-electron chi connectivity index (χ1n) is 12.1. The Morgan fingerprint density at radius 3 is 2.34 bits per heavy atom. The number of benzene rings is 3. The van der Waals surface area contributed by atoms with E-state index in [9.17, 15) is 9.90 Å². The van der Waals surface area contributed by atoms with Gasteiger partial charge < -0.3 is 29.1 Å². The Labute approximate surface area is 205 Å². The molecule has 1 fully saturated rings. The fourth-order valence-electron chi connectivity index (χ4n) is 4.55. The normalized spacial score (nSPS) is 18.7. The van der Waals surface area contributed by atoms with Crippen LogP contribution in [0.1, 0.15) is 0 Å². The maximum atomic E-state index is 12.9. The summed E-state index contributed by atoms with van der Waals surface area (Å²) in [6.07, 6.45) is -1.19. The van der Waals surface area contributed by atoms with E-state index < -0.39 is 12.2 Å². The lowest BCUT2D eigenvalue weighted by atomic mass is 10.1. The fourth-order valence-corrected chi connectivity index (χ4v) is 4.55. The monoisotopic (exact) mass is 475 g/mol. The third-order valence-corrected chi connectivity index (χ3v) is 6.49. The van der Waals surface area contributed by atoms with Crippen molar-refractivity contribution in [1.82, 2.24) is 4.90 Å². The summed E-state index contributed by atoms with van der Waals surface area (Å²) in [6.45, 7) is 3.86. The molecule has 7 heteroatoms. The first kappa shape index (κ1) is 23.2. The maximum Gasteiger partial charge on any atom is 0.267 e. The van der Waals surface area contributed by atoms with Gasteiger partial charge >= 0.3 is 0 Å². The molecule has 0 spiro atoms. The number of rotatable bonds is 7. The highest BCUT2D eigenvalue weighted by Gasteiger charge is 2.34. The lowest BCUT2D eigenvalue weighted by Crippen LogP contribution is -3.16. The number of hydrogen-bond donors (Lipinski definition) is 2. The predicted molar refractivity (Wildman–Crippen MR) is 132 cm³/mol. The third kappa shape index (κ3) is 5.75. The lowest BCUT2D eigenvalue weighted by Gasteiger charge is -2.35. The first-order valence-corrected chi connectivity index (χ1v) is 12.1. The van der Waals surface area contributed by atoms with Gasteiger partial charge in [-0.1, -0.05) is 54.6 Å². The summed E-state index contributed by atoms with van der Waals surface area (Å²) in [5, 5.41) is 10.5. The van der Waals surface area contributed by atoms with Crippen LogP contribution < -0.4 is 19.1 Å². The molecule has 2 N–H and O–H groups in total. The van der Waals surface area contributed by atoms with Crippen molar-refractivity contribution >= 4 is 5.91 Å². The van der Waals surface area contributed by atoms with Gasteiger partial charge in [0.25, 0.3) is 5.91 Å². The van der Waals surface area contributed by atoms with Crippen LogP contribution in [0, 0.1) is 0 Å². The summed E-state index contributed by atoms with van der Waals surface area (Å²) in [7, 11) is 0. The molecule has 0 aromatic heterocycles. The zero-order chi connectivity index (χ0) is 24.0. The van der Waals surface area contributed by atoms with Gasteiger partial charge in [0.05, 0.1) is 26.2 Å². The number of carbonyl (C=O) groups is 1. The highest BCUT2D eigenvalue weighted by molar-refractivity contribution is 5.82. The van der Waals surface area contributed by atoms with Crippen molar-refractivity contribution < 1.29 is 29.0 Å². The minimum absolute atomic E-state index is 0.0404. The van der Waals surface area contributed by atoms with Crippen molar-refractivity contribution in [3.05, 3.63) is 78.9 Å². The van der Waals surface area contributed by atoms with E-state index >= 15 is 0 Å². The van der Waals surface area contributed by atoms with Gasteiger partial charge in [-0.15, -0.1) is 0 Å². The van der Waals surface area contributed by atoms with E-state index in [1.807, 2.05) is 71.6 Å². The van der Waals surface area contributed by atoms with Crippen molar-refractivity contribution in [2.45, 2.75) is 12.2 Å². The van der Waals surface area contributed by atoms with Crippen molar-refractivity contribution in [2.75, 3.05) is 45.9 Å². The molecule has 2 aliphatic heterocycles. The summed E-state index contributed by atoms with van der Waals surface area (Å²) in [5.41, 5.74) is 2.29. The molecule has 182 valence electrons. The van der Waals surface area contributed by atoms with Gasteiger partial charge in [-0.3, -0.25) is 4.79 Å². The largest absolute Gasteiger partial charge is 0.491 e. The highest BCUT2D eigenvalue weighted by Crippen LogP contribution is 2.31. The molecule has 35 heavy (non-hydrogen) atoms. The van der Waals surface area contributed by atoms with Crippen LogP contribution in [0.4, 0.5) is 0 Å². The zero-order valence-corrected chi connectivity index (χ0v) is 19.6. The second kappa shape index (κ2) is 10.8. The van der Waals surface area contributed by atoms with Gasteiger partial charge in [-0.2, -0.15) is 0 Å². The standard InChI is InChI=1S/C28H30N2O5/c31-23(19-33-24-12-10-22(11-13-24)21-6-2-1-3-7-21)18-29-14-16-30(17-15-29)28(32)27-20-34-25-8-4-5-9-26(25)35-27/h1-13,23,27,31H,14-20H2/p+1/t23-,27-/m0/s1. The van der Waals surface area contributed by atoms with Gasteiger partial charge in [-0.05, 0) is 35.4 Å². The molecule has 0 aliphatic carbocycles. The van der Waals surface area contributed by atoms with E-state index in [1.54, 1.807) is 0 Å². The molecular formula is C28H31N2O5+. The van der Waals surface area contributed by atoms with E-state index in [1.165, 1.54) is 4.90 Å². The molecule has 1 amide bonds. The number of piperazine rings is 1. The smallest absolute Gasteiger partial charge is 0.267 e. The van der Waals surface area contributed by atoms with Gasteiger partial charge in [-0.25, -0.2) is 0 Å². The molecule has 3 aromatic rings. The van der Waals surface area contributed by atoms with Crippen molar-refractivity contribution in [1.29, 1.82) is 0 Å². The number of nitrogens with one attached hydrogen (secondary N) is 1. The third-order valence-electron chi connectivity index (χ3n) is 6.49. The minimum atomic E-state index is -0.612. The van der Waals surface area contributed by atoms with E-state index in [0.29, 0.717) is 31.1 Å². The summed E-state index contributed by atoms with van der Waals surface area (Å²) < 4.78 is 17.4. The van der Waals surface area contributed by atoms with Crippen LogP contribution >= 0.6 is 0 Å². The van der Waals surface area contributed by atoms with Gasteiger partial charge in [0, 0.05) is 0 Å². The number of quaternary nitrogens is 1. The fraction of sp³-hybridized carbons (Fsp3) is 0.321. The van der Waals surface area contributed by atoms with Crippen LogP contribution in [0.5, 0.6) is 17.2 Å². The number of aliphatic hydroxyl groups is 1. The minimum Gasteiger partial charge on any atom is -0.491 e. The Balaban J connectivity index is 1.04. The summed E-state index contributed by atoms with van der Waals surface area (Å²) in [5.74, 6) is 1.99. The molecule has 1 saturated heterocycles. The van der Waals surface area contributed by atoms with Crippen LogP contribution in [0.15, 0.2) is 78.9 Å². The molecular weight excluding hydrogens is 444 g/mol. The summed E-state index contributed by atoms with van der Waals surface area (Å²) in [6, 6.07) is 25.5. The lowest BCUT2D eigenvalue weighted by molar-refractivity contribution is -0.907. The number of para-hydroxylation sites is 2. The molecule has 7 nitrogen and oxygen atoms in total. The highest BCUT2D eigenvalue weighted by atomic mass is 16.6. The van der Waals surface area contributed by atoms with Crippen molar-refractivity contribution in [2.24, 2.45) is 0 Å². The maximum absolute atomic E-state index is 12.9. The number of ether oxygens (including phenoxy) is 3. The number of aliphatic hydroxyl groups excluding tert-OH is 1. The van der Waals surface area contributed by atoms with Crippen LogP contribution in [0.25, 0.3) is 11.1 Å². The number of carbonyl (C=O) groups excluding carboxylic acids is 1. The molecule has 5 rings (SSSR count). The van der Waals surface area contributed by atoms with Gasteiger partial charge in [0.2, 0.25) is 6.10 Å². The molecule has 0 saturated carbocycles. The Bertz CT molecular complexity index is 1110. The summed E-state index contributed by atoms with van der Waals surface area (Å²) in [4.78, 5) is 16.0. The Hall–Kier alpha value is -3.55. The second-order valence-electron chi connectivity index (χ2n) is 9.00. The van der Waals surface area contributed by atoms with E-state index in [2.05, 4.69) is 12.1 Å². The van der Waals surface area contributed by atoms with Crippen LogP contribution in [-0.2, 0) is 4.79 Å². The van der Waals surface area contributed by atoms with Crippen LogP contribution in [0.3, 0.4) is 0 Å². The van der Waals surface area contributed by atoms with Crippen molar-refractivity contribution in [3.63, 3.8) is 0 Å².